The lowest BCUT2D eigenvalue weighted by atomic mass is 9.86. The van der Waals surface area contributed by atoms with Gasteiger partial charge in [0.2, 0.25) is 0 Å². The third kappa shape index (κ3) is 4.57. The van der Waals surface area contributed by atoms with Gasteiger partial charge in [0.15, 0.2) is 5.78 Å². The number of nitrogens with two attached hydrogens (primary N) is 1. The first-order chi connectivity index (χ1) is 8.19. The van der Waals surface area contributed by atoms with Gasteiger partial charge in [0.25, 0.3) is 0 Å². The van der Waals surface area contributed by atoms with Crippen LogP contribution in [-0.4, -0.2) is 11.8 Å². The number of carbonyl (C=O) groups excluding carboxylic acids is 1. The standard InChI is InChI=1S/C15H22FNO/c1-10-5-6-11(7-13(10)16)14(18)8-12(17)9-15(2,3)4/h5-7,12H,8-9,17H2,1-4H3. The molecule has 0 aliphatic heterocycles. The average Bonchev–Trinajstić information content (AvgIpc) is 2.18. The predicted octanol–water partition coefficient (Wildman–Crippen LogP) is 3.47. The highest BCUT2D eigenvalue weighted by Gasteiger charge is 2.19. The van der Waals surface area contributed by atoms with E-state index >= 15 is 0 Å². The molecule has 1 unspecified atom stereocenters. The van der Waals surface area contributed by atoms with Crippen molar-refractivity contribution in [2.24, 2.45) is 11.1 Å². The van der Waals surface area contributed by atoms with Crippen LogP contribution in [0.15, 0.2) is 18.2 Å². The zero-order chi connectivity index (χ0) is 13.9. The van der Waals surface area contributed by atoms with E-state index in [1.165, 1.54) is 6.07 Å². The van der Waals surface area contributed by atoms with Crippen molar-refractivity contribution in [2.45, 2.75) is 46.6 Å². The number of hydrogen-bond acceptors (Lipinski definition) is 2. The van der Waals surface area contributed by atoms with Crippen molar-refractivity contribution >= 4 is 5.78 Å². The van der Waals surface area contributed by atoms with Crippen LogP contribution in [0.5, 0.6) is 0 Å². The van der Waals surface area contributed by atoms with Crippen LogP contribution >= 0.6 is 0 Å². The van der Waals surface area contributed by atoms with Gasteiger partial charge in [0.1, 0.15) is 5.82 Å². The molecule has 2 nitrogen and oxygen atoms in total. The Labute approximate surface area is 108 Å². The van der Waals surface area contributed by atoms with Gasteiger partial charge in [-0.1, -0.05) is 32.9 Å². The predicted molar refractivity (Wildman–Crippen MR) is 72.1 cm³/mol. The van der Waals surface area contributed by atoms with E-state index in [1.54, 1.807) is 19.1 Å². The third-order valence-electron chi connectivity index (χ3n) is 2.82. The van der Waals surface area contributed by atoms with Crippen LogP contribution < -0.4 is 5.73 Å². The average molecular weight is 251 g/mol. The first-order valence-electron chi connectivity index (χ1n) is 6.24. The van der Waals surface area contributed by atoms with Gasteiger partial charge >= 0.3 is 0 Å². The Hall–Kier alpha value is -1.22. The summed E-state index contributed by atoms with van der Waals surface area (Å²) in [6.45, 7) is 7.93. The van der Waals surface area contributed by atoms with Crippen LogP contribution in [0.3, 0.4) is 0 Å². The lowest BCUT2D eigenvalue weighted by Gasteiger charge is -2.22. The zero-order valence-corrected chi connectivity index (χ0v) is 11.6. The highest BCUT2D eigenvalue weighted by molar-refractivity contribution is 5.96. The molecule has 0 spiro atoms. The fourth-order valence-electron chi connectivity index (χ4n) is 1.98. The molecule has 0 heterocycles. The molecule has 3 heteroatoms. The molecule has 1 aromatic carbocycles. The highest BCUT2D eigenvalue weighted by atomic mass is 19.1. The molecule has 0 fully saturated rings. The van der Waals surface area contributed by atoms with E-state index in [4.69, 9.17) is 5.73 Å². The largest absolute Gasteiger partial charge is 0.327 e. The Balaban J connectivity index is 2.68. The zero-order valence-electron chi connectivity index (χ0n) is 11.6. The molecule has 0 bridgehead atoms. The van der Waals surface area contributed by atoms with E-state index in [2.05, 4.69) is 20.8 Å². The SMILES string of the molecule is Cc1ccc(C(=O)CC(N)CC(C)(C)C)cc1F. The summed E-state index contributed by atoms with van der Waals surface area (Å²) in [6, 6.07) is 4.39. The van der Waals surface area contributed by atoms with Crippen LogP contribution in [0.2, 0.25) is 0 Å². The number of ketones is 1. The summed E-state index contributed by atoms with van der Waals surface area (Å²) in [6.07, 6.45) is 1.03. The summed E-state index contributed by atoms with van der Waals surface area (Å²) in [5.74, 6) is -0.434. The molecular formula is C15H22FNO. The molecule has 0 amide bonds. The van der Waals surface area contributed by atoms with Crippen molar-refractivity contribution in [3.63, 3.8) is 0 Å². The van der Waals surface area contributed by atoms with Crippen LogP contribution in [0.4, 0.5) is 4.39 Å². The van der Waals surface area contributed by atoms with E-state index in [0.29, 0.717) is 11.1 Å². The molecule has 1 atom stereocenters. The molecular weight excluding hydrogens is 229 g/mol. The van der Waals surface area contributed by atoms with E-state index in [-0.39, 0.29) is 29.5 Å². The molecule has 0 aliphatic rings. The third-order valence-corrected chi connectivity index (χ3v) is 2.82. The monoisotopic (exact) mass is 251 g/mol. The van der Waals surface area contributed by atoms with Crippen LogP contribution in [-0.2, 0) is 0 Å². The Morgan fingerprint density at radius 3 is 2.50 bits per heavy atom. The van der Waals surface area contributed by atoms with Crippen molar-refractivity contribution in [1.29, 1.82) is 0 Å². The summed E-state index contributed by atoms with van der Waals surface area (Å²) >= 11 is 0. The molecule has 1 aromatic rings. The molecule has 0 radical (unpaired) electrons. The minimum atomic E-state index is -0.342. The summed E-state index contributed by atoms with van der Waals surface area (Å²) in [5, 5.41) is 0. The maximum atomic E-state index is 13.4. The summed E-state index contributed by atoms with van der Waals surface area (Å²) in [7, 11) is 0. The van der Waals surface area contributed by atoms with E-state index < -0.39 is 0 Å². The minimum absolute atomic E-state index is 0.0920. The van der Waals surface area contributed by atoms with Crippen molar-refractivity contribution < 1.29 is 9.18 Å². The van der Waals surface area contributed by atoms with E-state index in [9.17, 15) is 9.18 Å². The van der Waals surface area contributed by atoms with Gasteiger partial charge in [-0.3, -0.25) is 4.79 Å². The lowest BCUT2D eigenvalue weighted by Crippen LogP contribution is -2.29. The number of carbonyl (C=O) groups is 1. The topological polar surface area (TPSA) is 43.1 Å². The van der Waals surface area contributed by atoms with E-state index in [0.717, 1.165) is 6.42 Å². The molecule has 100 valence electrons. The van der Waals surface area contributed by atoms with Gasteiger partial charge in [-0.05, 0) is 30.4 Å². The van der Waals surface area contributed by atoms with Crippen molar-refractivity contribution in [2.75, 3.05) is 0 Å². The fraction of sp³-hybridized carbons (Fsp3) is 0.533. The Bertz CT molecular complexity index is 435. The Morgan fingerprint density at radius 2 is 2.00 bits per heavy atom. The first kappa shape index (κ1) is 14.8. The second-order valence-electron chi connectivity index (χ2n) is 6.12. The molecule has 0 saturated carbocycles. The smallest absolute Gasteiger partial charge is 0.164 e. The number of aryl methyl sites for hydroxylation is 1. The molecule has 0 aromatic heterocycles. The van der Waals surface area contributed by atoms with Crippen molar-refractivity contribution in [3.8, 4) is 0 Å². The lowest BCUT2D eigenvalue weighted by molar-refractivity contribution is 0.0968. The van der Waals surface area contributed by atoms with Crippen LogP contribution in [0.1, 0.15) is 49.5 Å². The van der Waals surface area contributed by atoms with Crippen LogP contribution in [0.25, 0.3) is 0 Å². The molecule has 18 heavy (non-hydrogen) atoms. The second kappa shape index (κ2) is 5.61. The number of rotatable bonds is 4. The summed E-state index contributed by atoms with van der Waals surface area (Å²) in [4.78, 5) is 12.0. The van der Waals surface area contributed by atoms with E-state index in [1.807, 2.05) is 0 Å². The number of Topliss-reactive ketones (excluding diaryl/α,β-unsaturated/α-hetero) is 1. The van der Waals surface area contributed by atoms with Gasteiger partial charge in [0, 0.05) is 18.0 Å². The maximum Gasteiger partial charge on any atom is 0.164 e. The minimum Gasteiger partial charge on any atom is -0.327 e. The van der Waals surface area contributed by atoms with Gasteiger partial charge in [-0.15, -0.1) is 0 Å². The molecule has 2 N–H and O–H groups in total. The first-order valence-corrected chi connectivity index (χ1v) is 6.24. The second-order valence-corrected chi connectivity index (χ2v) is 6.12. The van der Waals surface area contributed by atoms with Gasteiger partial charge in [-0.2, -0.15) is 0 Å². The normalized spacial score (nSPS) is 13.4. The molecule has 0 aliphatic carbocycles. The quantitative estimate of drug-likeness (QED) is 0.833. The molecule has 1 rings (SSSR count). The summed E-state index contributed by atoms with van der Waals surface area (Å²) in [5.41, 5.74) is 7.00. The fourth-order valence-corrected chi connectivity index (χ4v) is 1.98. The summed E-state index contributed by atoms with van der Waals surface area (Å²) < 4.78 is 13.4. The molecule has 0 saturated heterocycles. The van der Waals surface area contributed by atoms with Crippen LogP contribution in [0, 0.1) is 18.2 Å². The Kier molecular flexibility index (Phi) is 4.63. The highest BCUT2D eigenvalue weighted by Crippen LogP contribution is 2.22. The van der Waals surface area contributed by atoms with Crippen molar-refractivity contribution in [3.05, 3.63) is 35.1 Å². The number of hydrogen-bond donors (Lipinski definition) is 1. The maximum absolute atomic E-state index is 13.4. The van der Waals surface area contributed by atoms with Gasteiger partial charge < -0.3 is 5.73 Å². The van der Waals surface area contributed by atoms with Gasteiger partial charge in [0.05, 0.1) is 0 Å². The number of halogens is 1. The number of benzene rings is 1. The Morgan fingerprint density at radius 1 is 1.39 bits per heavy atom. The van der Waals surface area contributed by atoms with Crippen molar-refractivity contribution in [1.82, 2.24) is 0 Å². The van der Waals surface area contributed by atoms with Gasteiger partial charge in [-0.25, -0.2) is 4.39 Å².